The summed E-state index contributed by atoms with van der Waals surface area (Å²) >= 11 is 0. The molecule has 7 nitrogen and oxygen atoms in total. The molecule has 2 saturated heterocycles. The Kier molecular flexibility index (Phi) is 5.10. The average Bonchev–Trinajstić information content (AvgIpc) is 3.06. The Morgan fingerprint density at radius 1 is 1.08 bits per heavy atom. The van der Waals surface area contributed by atoms with Gasteiger partial charge in [0.1, 0.15) is 5.76 Å². The zero-order chi connectivity index (χ0) is 18.9. The highest BCUT2D eigenvalue weighted by Crippen LogP contribution is 2.25. The van der Waals surface area contributed by atoms with Crippen molar-refractivity contribution in [2.24, 2.45) is 5.92 Å². The van der Waals surface area contributed by atoms with Gasteiger partial charge in [0.05, 0.1) is 0 Å². The number of halogens is 3. The van der Waals surface area contributed by atoms with Crippen LogP contribution in [0.4, 0.5) is 19.0 Å². The fourth-order valence-electron chi connectivity index (χ4n) is 3.43. The summed E-state index contributed by atoms with van der Waals surface area (Å²) in [7, 11) is 0. The smallest absolute Gasteiger partial charge is 0.360 e. The van der Waals surface area contributed by atoms with Crippen LogP contribution >= 0.6 is 0 Å². The molecule has 2 aliphatic heterocycles. The lowest BCUT2D eigenvalue weighted by Crippen LogP contribution is -2.52. The standard InChI is InChI=1S/C16H21F3N4O3/c1-11-10-13(20-26-11)21-6-8-22(9-7-21)14(24)12-2-4-23(5-3-12)15(25)16(17,18)19/h10,12H,2-9H2,1H3. The fourth-order valence-corrected chi connectivity index (χ4v) is 3.43. The lowest BCUT2D eigenvalue weighted by molar-refractivity contribution is -0.187. The molecule has 2 aliphatic rings. The molecule has 10 heteroatoms. The van der Waals surface area contributed by atoms with Crippen molar-refractivity contribution in [3.05, 3.63) is 11.8 Å². The normalized spacial score (nSPS) is 19.8. The summed E-state index contributed by atoms with van der Waals surface area (Å²) in [6.45, 7) is 4.07. The van der Waals surface area contributed by atoms with Gasteiger partial charge in [-0.15, -0.1) is 0 Å². The molecule has 0 radical (unpaired) electrons. The molecule has 1 aromatic heterocycles. The van der Waals surface area contributed by atoms with Gasteiger partial charge in [-0.1, -0.05) is 5.16 Å². The monoisotopic (exact) mass is 374 g/mol. The van der Waals surface area contributed by atoms with Gasteiger partial charge in [0, 0.05) is 51.3 Å². The largest absolute Gasteiger partial charge is 0.471 e. The minimum absolute atomic E-state index is 0.0348. The number of nitrogens with zero attached hydrogens (tertiary/aromatic N) is 4. The third-order valence-electron chi connectivity index (χ3n) is 4.90. The van der Waals surface area contributed by atoms with Crippen LogP contribution in [0.15, 0.2) is 10.6 Å². The van der Waals surface area contributed by atoms with Crippen molar-refractivity contribution in [1.29, 1.82) is 0 Å². The lowest BCUT2D eigenvalue weighted by atomic mass is 9.95. The first-order valence-corrected chi connectivity index (χ1v) is 8.59. The van der Waals surface area contributed by atoms with E-state index in [1.165, 1.54) is 0 Å². The number of aromatic nitrogens is 1. The minimum atomic E-state index is -4.85. The maximum atomic E-state index is 12.6. The van der Waals surface area contributed by atoms with Gasteiger partial charge >= 0.3 is 12.1 Å². The second-order valence-corrected chi connectivity index (χ2v) is 6.67. The van der Waals surface area contributed by atoms with E-state index in [0.717, 1.165) is 16.5 Å². The second-order valence-electron chi connectivity index (χ2n) is 6.67. The molecule has 26 heavy (non-hydrogen) atoms. The molecular formula is C16H21F3N4O3. The van der Waals surface area contributed by atoms with Crippen LogP contribution in [0.3, 0.4) is 0 Å². The summed E-state index contributed by atoms with van der Waals surface area (Å²) < 4.78 is 42.5. The SMILES string of the molecule is Cc1cc(N2CCN(C(=O)C3CCN(C(=O)C(F)(F)F)CC3)CC2)no1. The van der Waals surface area contributed by atoms with Gasteiger partial charge in [0.2, 0.25) is 5.91 Å². The summed E-state index contributed by atoms with van der Waals surface area (Å²) in [5.74, 6) is -0.722. The number of amides is 2. The van der Waals surface area contributed by atoms with Crippen molar-refractivity contribution in [3.8, 4) is 0 Å². The third-order valence-corrected chi connectivity index (χ3v) is 4.90. The van der Waals surface area contributed by atoms with Crippen molar-refractivity contribution in [1.82, 2.24) is 15.0 Å². The van der Waals surface area contributed by atoms with E-state index >= 15 is 0 Å². The molecule has 144 valence electrons. The maximum Gasteiger partial charge on any atom is 0.471 e. The molecule has 0 bridgehead atoms. The van der Waals surface area contributed by atoms with Crippen LogP contribution in [0.25, 0.3) is 0 Å². The molecule has 0 spiro atoms. The summed E-state index contributed by atoms with van der Waals surface area (Å²) in [6, 6.07) is 1.84. The Hall–Kier alpha value is -2.26. The topological polar surface area (TPSA) is 69.9 Å². The van der Waals surface area contributed by atoms with Crippen LogP contribution in [0.1, 0.15) is 18.6 Å². The van der Waals surface area contributed by atoms with Crippen LogP contribution in [0.2, 0.25) is 0 Å². The first kappa shape index (κ1) is 18.5. The second kappa shape index (κ2) is 7.16. The Morgan fingerprint density at radius 3 is 2.19 bits per heavy atom. The molecule has 0 aliphatic carbocycles. The van der Waals surface area contributed by atoms with Crippen molar-refractivity contribution >= 4 is 17.6 Å². The van der Waals surface area contributed by atoms with Gasteiger partial charge < -0.3 is 19.2 Å². The molecule has 0 aromatic carbocycles. The zero-order valence-corrected chi connectivity index (χ0v) is 14.5. The van der Waals surface area contributed by atoms with Crippen molar-refractivity contribution in [3.63, 3.8) is 0 Å². The van der Waals surface area contributed by atoms with Crippen LogP contribution < -0.4 is 4.90 Å². The summed E-state index contributed by atoms with van der Waals surface area (Å²) in [5, 5.41) is 3.96. The molecule has 0 saturated carbocycles. The molecular weight excluding hydrogens is 353 g/mol. The number of likely N-dealkylation sites (tertiary alicyclic amines) is 1. The summed E-state index contributed by atoms with van der Waals surface area (Å²) in [5.41, 5.74) is 0. The van der Waals surface area contributed by atoms with Gasteiger partial charge in [0.15, 0.2) is 5.82 Å². The Labute approximate surface area is 148 Å². The van der Waals surface area contributed by atoms with Crippen LogP contribution in [0, 0.1) is 12.8 Å². The number of alkyl halides is 3. The number of hydrogen-bond donors (Lipinski definition) is 0. The number of carbonyl (C=O) groups is 2. The molecule has 2 amide bonds. The zero-order valence-electron chi connectivity index (χ0n) is 14.5. The molecule has 3 heterocycles. The van der Waals surface area contributed by atoms with Crippen LogP contribution in [-0.4, -0.2) is 72.2 Å². The highest BCUT2D eigenvalue weighted by Gasteiger charge is 2.44. The first-order chi connectivity index (χ1) is 12.3. The maximum absolute atomic E-state index is 12.6. The highest BCUT2D eigenvalue weighted by molar-refractivity contribution is 5.83. The molecule has 2 fully saturated rings. The third kappa shape index (κ3) is 3.94. The van der Waals surface area contributed by atoms with Crippen molar-refractivity contribution in [2.75, 3.05) is 44.2 Å². The number of carbonyl (C=O) groups excluding carboxylic acids is 2. The number of anilines is 1. The van der Waals surface area contributed by atoms with E-state index in [2.05, 4.69) is 5.16 Å². The molecule has 0 N–H and O–H groups in total. The van der Waals surface area contributed by atoms with Gasteiger partial charge in [-0.2, -0.15) is 13.2 Å². The van der Waals surface area contributed by atoms with E-state index in [-0.39, 0.29) is 37.8 Å². The highest BCUT2D eigenvalue weighted by atomic mass is 19.4. The van der Waals surface area contributed by atoms with Gasteiger partial charge in [0.25, 0.3) is 0 Å². The lowest BCUT2D eigenvalue weighted by Gasteiger charge is -2.38. The van der Waals surface area contributed by atoms with Crippen LogP contribution in [-0.2, 0) is 9.59 Å². The Balaban J connectivity index is 1.48. The van der Waals surface area contributed by atoms with Crippen molar-refractivity contribution in [2.45, 2.75) is 25.9 Å². The minimum Gasteiger partial charge on any atom is -0.360 e. The molecule has 1 aromatic rings. The predicted octanol–water partition coefficient (Wildman–Crippen LogP) is 1.43. The summed E-state index contributed by atoms with van der Waals surface area (Å²) in [4.78, 5) is 28.4. The van der Waals surface area contributed by atoms with E-state index in [0.29, 0.717) is 26.2 Å². The molecule has 0 atom stereocenters. The number of aryl methyl sites for hydroxylation is 1. The van der Waals surface area contributed by atoms with E-state index in [1.807, 2.05) is 17.9 Å². The number of piperazine rings is 1. The van der Waals surface area contributed by atoms with Gasteiger partial charge in [-0.3, -0.25) is 9.59 Å². The van der Waals surface area contributed by atoms with Crippen molar-refractivity contribution < 1.29 is 27.3 Å². The number of piperidine rings is 1. The first-order valence-electron chi connectivity index (χ1n) is 8.59. The predicted molar refractivity (Wildman–Crippen MR) is 85.4 cm³/mol. The van der Waals surface area contributed by atoms with Gasteiger partial charge in [-0.25, -0.2) is 0 Å². The number of hydrogen-bond acceptors (Lipinski definition) is 5. The Bertz CT molecular complexity index is 660. The van der Waals surface area contributed by atoms with Crippen LogP contribution in [0.5, 0.6) is 0 Å². The van der Waals surface area contributed by atoms with E-state index in [1.54, 1.807) is 4.90 Å². The average molecular weight is 374 g/mol. The fraction of sp³-hybridized carbons (Fsp3) is 0.688. The van der Waals surface area contributed by atoms with E-state index in [9.17, 15) is 22.8 Å². The quantitative estimate of drug-likeness (QED) is 0.783. The molecule has 3 rings (SSSR count). The summed E-state index contributed by atoms with van der Waals surface area (Å²) in [6.07, 6.45) is -4.32. The number of rotatable bonds is 2. The Morgan fingerprint density at radius 2 is 1.69 bits per heavy atom. The van der Waals surface area contributed by atoms with E-state index in [4.69, 9.17) is 4.52 Å². The van der Waals surface area contributed by atoms with E-state index < -0.39 is 12.1 Å². The van der Waals surface area contributed by atoms with Gasteiger partial charge in [-0.05, 0) is 19.8 Å². The molecule has 0 unspecified atom stereocenters.